The van der Waals surface area contributed by atoms with Gasteiger partial charge in [-0.25, -0.2) is 0 Å². The standard InChI is InChI=1S/C8H21N2O/c1-7(2)8(3)6-9-10(4,5)11/h7-9,11H,6H2,1-5H3/q+1/t8-/m0/s1. The molecule has 0 spiro atoms. The van der Waals surface area contributed by atoms with E-state index in [2.05, 4.69) is 26.2 Å². The van der Waals surface area contributed by atoms with Crippen molar-refractivity contribution in [3.8, 4) is 0 Å². The van der Waals surface area contributed by atoms with Crippen LogP contribution in [0.5, 0.6) is 0 Å². The second-order valence-electron chi connectivity index (χ2n) is 3.98. The van der Waals surface area contributed by atoms with Crippen LogP contribution in [-0.2, 0) is 0 Å². The molecular formula is C8H21N2O+. The van der Waals surface area contributed by atoms with Crippen LogP contribution in [0, 0.1) is 11.8 Å². The number of hydroxylamine groups is 2. The van der Waals surface area contributed by atoms with E-state index < -0.39 is 0 Å². The first-order valence-electron chi connectivity index (χ1n) is 4.15. The van der Waals surface area contributed by atoms with Crippen LogP contribution in [0.15, 0.2) is 0 Å². The van der Waals surface area contributed by atoms with Crippen molar-refractivity contribution in [1.29, 1.82) is 0 Å². The zero-order valence-corrected chi connectivity index (χ0v) is 8.26. The summed E-state index contributed by atoms with van der Waals surface area (Å²) >= 11 is 0. The highest BCUT2D eigenvalue weighted by atomic mass is 16.6. The molecular weight excluding hydrogens is 140 g/mol. The predicted octanol–water partition coefficient (Wildman–Crippen LogP) is 1.25. The Morgan fingerprint density at radius 2 is 1.73 bits per heavy atom. The Morgan fingerprint density at radius 3 is 2.00 bits per heavy atom. The molecule has 0 aromatic carbocycles. The quantitative estimate of drug-likeness (QED) is 0.480. The van der Waals surface area contributed by atoms with Gasteiger partial charge in [-0.05, 0) is 11.8 Å². The Kier molecular flexibility index (Phi) is 4.00. The van der Waals surface area contributed by atoms with Crippen molar-refractivity contribution < 1.29 is 9.96 Å². The third kappa shape index (κ3) is 6.28. The fraction of sp³-hybridized carbons (Fsp3) is 1.00. The predicted molar refractivity (Wildman–Crippen MR) is 45.9 cm³/mol. The second kappa shape index (κ2) is 4.04. The van der Waals surface area contributed by atoms with E-state index in [9.17, 15) is 5.21 Å². The van der Waals surface area contributed by atoms with Gasteiger partial charge in [0.25, 0.3) is 0 Å². The first-order chi connectivity index (χ1) is 4.83. The lowest BCUT2D eigenvalue weighted by Crippen LogP contribution is -2.50. The minimum absolute atomic E-state index is 0.156. The molecule has 0 unspecified atom stereocenters. The molecule has 3 nitrogen and oxygen atoms in total. The van der Waals surface area contributed by atoms with Gasteiger partial charge < -0.3 is 0 Å². The smallest absolute Gasteiger partial charge is 0.118 e. The number of nitrogens with zero attached hydrogens (tertiary/aromatic N) is 1. The molecule has 0 aliphatic carbocycles. The van der Waals surface area contributed by atoms with Crippen LogP contribution in [0.25, 0.3) is 0 Å². The maximum absolute atomic E-state index is 9.27. The highest BCUT2D eigenvalue weighted by Crippen LogP contribution is 2.07. The van der Waals surface area contributed by atoms with Gasteiger partial charge in [-0.1, -0.05) is 20.8 Å². The number of hydrogen-bond donors (Lipinski definition) is 2. The topological polar surface area (TPSA) is 32.3 Å². The molecule has 68 valence electrons. The molecule has 0 aromatic rings. The Hall–Kier alpha value is -0.120. The maximum atomic E-state index is 9.27. The van der Waals surface area contributed by atoms with Crippen molar-refractivity contribution in [2.45, 2.75) is 20.8 Å². The molecule has 0 amide bonds. The van der Waals surface area contributed by atoms with Crippen LogP contribution in [0.2, 0.25) is 0 Å². The summed E-state index contributed by atoms with van der Waals surface area (Å²) in [7, 11) is 3.40. The molecule has 0 aliphatic rings. The summed E-state index contributed by atoms with van der Waals surface area (Å²) in [5.74, 6) is 1.26. The van der Waals surface area contributed by atoms with Crippen molar-refractivity contribution in [2.24, 2.45) is 11.8 Å². The van der Waals surface area contributed by atoms with Crippen LogP contribution in [0.4, 0.5) is 0 Å². The van der Waals surface area contributed by atoms with Crippen molar-refractivity contribution in [2.75, 3.05) is 20.6 Å². The highest BCUT2D eigenvalue weighted by molar-refractivity contribution is 4.56. The average molecular weight is 161 g/mol. The third-order valence-corrected chi connectivity index (χ3v) is 1.94. The largest absolute Gasteiger partial charge is 0.197 e. The summed E-state index contributed by atoms with van der Waals surface area (Å²) < 4.78 is -0.156. The molecule has 0 rings (SSSR count). The van der Waals surface area contributed by atoms with Crippen molar-refractivity contribution >= 4 is 0 Å². The van der Waals surface area contributed by atoms with Crippen LogP contribution in [0.3, 0.4) is 0 Å². The first kappa shape index (κ1) is 10.9. The Bertz CT molecular complexity index is 107. The van der Waals surface area contributed by atoms with Gasteiger partial charge in [0.15, 0.2) is 0 Å². The van der Waals surface area contributed by atoms with Gasteiger partial charge in [-0.15, -0.1) is 10.2 Å². The van der Waals surface area contributed by atoms with Gasteiger partial charge >= 0.3 is 0 Å². The van der Waals surface area contributed by atoms with E-state index in [0.29, 0.717) is 11.8 Å². The highest BCUT2D eigenvalue weighted by Gasteiger charge is 2.13. The summed E-state index contributed by atoms with van der Waals surface area (Å²) in [6.45, 7) is 7.39. The van der Waals surface area contributed by atoms with Gasteiger partial charge in [0.1, 0.15) is 14.1 Å². The molecule has 0 radical (unpaired) electrons. The van der Waals surface area contributed by atoms with Gasteiger partial charge in [-0.3, -0.25) is 0 Å². The van der Waals surface area contributed by atoms with Gasteiger partial charge in [0.2, 0.25) is 0 Å². The molecule has 0 saturated carbocycles. The third-order valence-electron chi connectivity index (χ3n) is 1.94. The van der Waals surface area contributed by atoms with Crippen LogP contribution in [0.1, 0.15) is 20.8 Å². The summed E-state index contributed by atoms with van der Waals surface area (Å²) in [5, 5.41) is 9.27. The molecule has 0 aromatic heterocycles. The van der Waals surface area contributed by atoms with E-state index >= 15 is 0 Å². The van der Waals surface area contributed by atoms with E-state index in [1.54, 1.807) is 14.1 Å². The fourth-order valence-electron chi connectivity index (χ4n) is 0.603. The number of quaternary nitrogens is 1. The Balaban J connectivity index is 3.54. The summed E-state index contributed by atoms with van der Waals surface area (Å²) in [5.41, 5.74) is 3.00. The lowest BCUT2D eigenvalue weighted by atomic mass is 9.99. The number of nitrogens with one attached hydrogen (secondary N) is 1. The van der Waals surface area contributed by atoms with Gasteiger partial charge in [0.05, 0.1) is 6.54 Å². The first-order valence-corrected chi connectivity index (χ1v) is 4.15. The zero-order valence-electron chi connectivity index (χ0n) is 8.26. The van der Waals surface area contributed by atoms with Crippen LogP contribution in [-0.4, -0.2) is 30.6 Å². The summed E-state index contributed by atoms with van der Waals surface area (Å²) in [4.78, 5) is 0. The van der Waals surface area contributed by atoms with Crippen molar-refractivity contribution in [3.05, 3.63) is 0 Å². The number of hydrogen-bond acceptors (Lipinski definition) is 2. The molecule has 0 aliphatic heterocycles. The van der Waals surface area contributed by atoms with Crippen LogP contribution < -0.4 is 5.43 Å². The van der Waals surface area contributed by atoms with Crippen molar-refractivity contribution in [1.82, 2.24) is 5.43 Å². The average Bonchev–Trinajstić information content (AvgIpc) is 1.80. The van der Waals surface area contributed by atoms with E-state index in [-0.39, 0.29) is 4.76 Å². The van der Waals surface area contributed by atoms with E-state index in [0.717, 1.165) is 6.54 Å². The Labute approximate surface area is 69.5 Å². The van der Waals surface area contributed by atoms with Gasteiger partial charge in [-0.2, -0.15) is 5.21 Å². The summed E-state index contributed by atoms with van der Waals surface area (Å²) in [6, 6.07) is 0. The molecule has 0 bridgehead atoms. The molecule has 0 heterocycles. The fourth-order valence-corrected chi connectivity index (χ4v) is 0.603. The number of rotatable bonds is 4. The normalized spacial score (nSPS) is 15.5. The maximum Gasteiger partial charge on any atom is 0.118 e. The molecule has 11 heavy (non-hydrogen) atoms. The molecule has 3 heteroatoms. The molecule has 0 fully saturated rings. The van der Waals surface area contributed by atoms with E-state index in [1.165, 1.54) is 0 Å². The molecule has 0 saturated heterocycles. The lowest BCUT2D eigenvalue weighted by molar-refractivity contribution is -1.11. The van der Waals surface area contributed by atoms with Gasteiger partial charge in [0, 0.05) is 0 Å². The second-order valence-corrected chi connectivity index (χ2v) is 3.98. The van der Waals surface area contributed by atoms with Crippen molar-refractivity contribution in [3.63, 3.8) is 0 Å². The minimum Gasteiger partial charge on any atom is -0.197 e. The zero-order chi connectivity index (χ0) is 9.07. The minimum atomic E-state index is -0.156. The summed E-state index contributed by atoms with van der Waals surface area (Å²) in [6.07, 6.45) is 0. The van der Waals surface area contributed by atoms with E-state index in [1.807, 2.05) is 0 Å². The van der Waals surface area contributed by atoms with Crippen LogP contribution >= 0.6 is 0 Å². The molecule has 1 atom stereocenters. The van der Waals surface area contributed by atoms with E-state index in [4.69, 9.17) is 0 Å². The molecule has 2 N–H and O–H groups in total. The Morgan fingerprint density at radius 1 is 1.27 bits per heavy atom. The SMILES string of the molecule is CC(C)[C@@H](C)CN[N+](C)(C)O. The lowest BCUT2D eigenvalue weighted by Gasteiger charge is -2.23. The monoisotopic (exact) mass is 161 g/mol.